The van der Waals surface area contributed by atoms with E-state index in [4.69, 9.17) is 10.4 Å². The summed E-state index contributed by atoms with van der Waals surface area (Å²) in [7, 11) is 0. The van der Waals surface area contributed by atoms with E-state index < -0.39 is 5.97 Å². The molecular formula is C17H11N3O2. The third-order valence-electron chi connectivity index (χ3n) is 3.23. The van der Waals surface area contributed by atoms with E-state index in [2.05, 4.69) is 11.2 Å². The van der Waals surface area contributed by atoms with Crippen LogP contribution in [0, 0.1) is 11.3 Å². The first kappa shape index (κ1) is 13.6. The zero-order chi connectivity index (χ0) is 15.5. The van der Waals surface area contributed by atoms with Crippen LogP contribution in [0.25, 0.3) is 16.9 Å². The maximum Gasteiger partial charge on any atom is 0.335 e. The second-order valence-corrected chi connectivity index (χ2v) is 4.69. The van der Waals surface area contributed by atoms with Crippen molar-refractivity contribution in [3.8, 4) is 23.0 Å². The maximum absolute atomic E-state index is 11.0. The number of carbonyl (C=O) groups is 1. The van der Waals surface area contributed by atoms with Gasteiger partial charge in [-0.2, -0.15) is 10.4 Å². The number of aromatic nitrogens is 2. The fourth-order valence-electron chi connectivity index (χ4n) is 2.15. The van der Waals surface area contributed by atoms with Crippen LogP contribution < -0.4 is 0 Å². The molecule has 0 bridgehead atoms. The number of nitriles is 1. The molecule has 0 saturated heterocycles. The summed E-state index contributed by atoms with van der Waals surface area (Å²) in [5.41, 5.74) is 3.01. The van der Waals surface area contributed by atoms with Crippen molar-refractivity contribution < 1.29 is 9.90 Å². The molecule has 0 spiro atoms. The monoisotopic (exact) mass is 289 g/mol. The van der Waals surface area contributed by atoms with Gasteiger partial charge in [0.05, 0.1) is 28.6 Å². The molecule has 0 amide bonds. The van der Waals surface area contributed by atoms with E-state index in [1.807, 2.05) is 12.1 Å². The molecule has 0 unspecified atom stereocenters. The number of hydrogen-bond acceptors (Lipinski definition) is 3. The Morgan fingerprint density at radius 2 is 1.95 bits per heavy atom. The first-order valence-corrected chi connectivity index (χ1v) is 6.57. The molecular weight excluding hydrogens is 278 g/mol. The molecule has 0 aliphatic carbocycles. The van der Waals surface area contributed by atoms with Crippen molar-refractivity contribution in [1.82, 2.24) is 9.78 Å². The lowest BCUT2D eigenvalue weighted by Gasteiger charge is -2.03. The minimum absolute atomic E-state index is 0.209. The van der Waals surface area contributed by atoms with Gasteiger partial charge in [-0.15, -0.1) is 0 Å². The van der Waals surface area contributed by atoms with Crippen molar-refractivity contribution in [3.05, 3.63) is 71.9 Å². The standard InChI is InChI=1S/C17H11N3O2/c18-11-12-3-1-4-13(9-12)16-7-8-20(19-16)15-6-2-5-14(10-15)17(21)22/h1-10H,(H,21,22). The highest BCUT2D eigenvalue weighted by Gasteiger charge is 2.07. The third kappa shape index (κ3) is 2.58. The van der Waals surface area contributed by atoms with Gasteiger partial charge in [0.15, 0.2) is 0 Å². The van der Waals surface area contributed by atoms with Crippen LogP contribution in [0.5, 0.6) is 0 Å². The summed E-state index contributed by atoms with van der Waals surface area (Å²) in [5.74, 6) is -0.976. The summed E-state index contributed by atoms with van der Waals surface area (Å²) in [6.07, 6.45) is 1.76. The van der Waals surface area contributed by atoms with Gasteiger partial charge in [0.1, 0.15) is 0 Å². The summed E-state index contributed by atoms with van der Waals surface area (Å²) in [6.45, 7) is 0. The summed E-state index contributed by atoms with van der Waals surface area (Å²) >= 11 is 0. The van der Waals surface area contributed by atoms with Gasteiger partial charge in [-0.25, -0.2) is 9.48 Å². The second kappa shape index (κ2) is 5.54. The highest BCUT2D eigenvalue weighted by atomic mass is 16.4. The SMILES string of the molecule is N#Cc1cccc(-c2ccn(-c3cccc(C(=O)O)c3)n2)c1. The van der Waals surface area contributed by atoms with Gasteiger partial charge in [0.2, 0.25) is 0 Å². The Morgan fingerprint density at radius 3 is 2.73 bits per heavy atom. The number of aromatic carboxylic acids is 1. The van der Waals surface area contributed by atoms with Crippen LogP contribution in [0.1, 0.15) is 15.9 Å². The first-order chi connectivity index (χ1) is 10.7. The lowest BCUT2D eigenvalue weighted by Crippen LogP contribution is -2.00. The topological polar surface area (TPSA) is 78.9 Å². The molecule has 0 aliphatic rings. The summed E-state index contributed by atoms with van der Waals surface area (Å²) in [6, 6.07) is 17.7. The van der Waals surface area contributed by atoms with E-state index >= 15 is 0 Å². The van der Waals surface area contributed by atoms with E-state index in [1.165, 1.54) is 6.07 Å². The summed E-state index contributed by atoms with van der Waals surface area (Å²) in [4.78, 5) is 11.0. The first-order valence-electron chi connectivity index (χ1n) is 6.57. The number of carboxylic acid groups (broad SMARTS) is 1. The van der Waals surface area contributed by atoms with E-state index in [0.29, 0.717) is 11.3 Å². The zero-order valence-corrected chi connectivity index (χ0v) is 11.5. The predicted molar refractivity (Wildman–Crippen MR) is 80.7 cm³/mol. The Kier molecular flexibility index (Phi) is 3.42. The van der Waals surface area contributed by atoms with Crippen LogP contribution in [-0.4, -0.2) is 20.9 Å². The van der Waals surface area contributed by atoms with Crippen molar-refractivity contribution in [3.63, 3.8) is 0 Å². The van der Waals surface area contributed by atoms with Gasteiger partial charge >= 0.3 is 5.97 Å². The number of benzene rings is 2. The Labute approximate surface area is 126 Å². The van der Waals surface area contributed by atoms with Crippen molar-refractivity contribution in [2.75, 3.05) is 0 Å². The maximum atomic E-state index is 11.0. The van der Waals surface area contributed by atoms with E-state index in [9.17, 15) is 4.79 Å². The molecule has 1 N–H and O–H groups in total. The Balaban J connectivity index is 1.99. The van der Waals surface area contributed by atoms with Crippen LogP contribution in [0.3, 0.4) is 0 Å². The molecule has 0 radical (unpaired) electrons. The molecule has 5 nitrogen and oxygen atoms in total. The smallest absolute Gasteiger partial charge is 0.335 e. The van der Waals surface area contributed by atoms with Crippen LogP contribution in [0.2, 0.25) is 0 Å². The second-order valence-electron chi connectivity index (χ2n) is 4.69. The zero-order valence-electron chi connectivity index (χ0n) is 11.5. The van der Waals surface area contributed by atoms with Crippen molar-refractivity contribution in [2.24, 2.45) is 0 Å². The lowest BCUT2D eigenvalue weighted by atomic mass is 10.1. The molecule has 5 heteroatoms. The molecule has 0 fully saturated rings. The van der Waals surface area contributed by atoms with E-state index in [0.717, 1.165) is 11.3 Å². The Bertz CT molecular complexity index is 891. The molecule has 3 aromatic rings. The number of nitrogens with zero attached hydrogens (tertiary/aromatic N) is 3. The number of hydrogen-bond donors (Lipinski definition) is 1. The molecule has 0 aliphatic heterocycles. The van der Waals surface area contributed by atoms with Crippen molar-refractivity contribution >= 4 is 5.97 Å². The van der Waals surface area contributed by atoms with Gasteiger partial charge in [0.25, 0.3) is 0 Å². The summed E-state index contributed by atoms with van der Waals surface area (Å²) in [5, 5.41) is 22.4. The van der Waals surface area contributed by atoms with E-state index in [-0.39, 0.29) is 5.56 Å². The van der Waals surface area contributed by atoms with Crippen LogP contribution in [-0.2, 0) is 0 Å². The summed E-state index contributed by atoms with van der Waals surface area (Å²) < 4.78 is 1.61. The Morgan fingerprint density at radius 1 is 1.14 bits per heavy atom. The average molecular weight is 289 g/mol. The molecule has 2 aromatic carbocycles. The van der Waals surface area contributed by atoms with Crippen LogP contribution in [0.4, 0.5) is 0 Å². The molecule has 1 aromatic heterocycles. The number of rotatable bonds is 3. The largest absolute Gasteiger partial charge is 0.478 e. The highest BCUT2D eigenvalue weighted by molar-refractivity contribution is 5.88. The normalized spacial score (nSPS) is 10.1. The van der Waals surface area contributed by atoms with Crippen LogP contribution in [0.15, 0.2) is 60.8 Å². The fraction of sp³-hybridized carbons (Fsp3) is 0. The van der Waals surface area contributed by atoms with Crippen molar-refractivity contribution in [1.29, 1.82) is 5.26 Å². The number of carboxylic acids is 1. The average Bonchev–Trinajstić information content (AvgIpc) is 3.05. The molecule has 22 heavy (non-hydrogen) atoms. The van der Waals surface area contributed by atoms with Gasteiger partial charge in [-0.05, 0) is 36.4 Å². The molecule has 0 atom stereocenters. The minimum Gasteiger partial charge on any atom is -0.478 e. The Hall–Kier alpha value is -3.39. The quantitative estimate of drug-likeness (QED) is 0.803. The fourth-order valence-corrected chi connectivity index (χ4v) is 2.15. The molecule has 3 rings (SSSR count). The van der Waals surface area contributed by atoms with Crippen molar-refractivity contribution in [2.45, 2.75) is 0 Å². The van der Waals surface area contributed by atoms with Crippen LogP contribution >= 0.6 is 0 Å². The molecule has 0 saturated carbocycles. The van der Waals surface area contributed by atoms with Gasteiger partial charge in [-0.1, -0.05) is 18.2 Å². The van der Waals surface area contributed by atoms with Gasteiger partial charge in [-0.3, -0.25) is 0 Å². The molecule has 106 valence electrons. The van der Waals surface area contributed by atoms with Gasteiger partial charge in [0, 0.05) is 11.8 Å². The van der Waals surface area contributed by atoms with Gasteiger partial charge < -0.3 is 5.11 Å². The molecule has 1 heterocycles. The lowest BCUT2D eigenvalue weighted by molar-refractivity contribution is 0.0697. The minimum atomic E-state index is -0.976. The third-order valence-corrected chi connectivity index (χ3v) is 3.23. The highest BCUT2D eigenvalue weighted by Crippen LogP contribution is 2.20. The predicted octanol–water partition coefficient (Wildman–Crippen LogP) is 3.11. The van der Waals surface area contributed by atoms with E-state index in [1.54, 1.807) is 47.3 Å².